The Morgan fingerprint density at radius 3 is 2.23 bits per heavy atom. The lowest BCUT2D eigenvalue weighted by molar-refractivity contribution is -0.122. The van der Waals surface area contributed by atoms with Crippen molar-refractivity contribution in [2.24, 2.45) is 11.7 Å². The van der Waals surface area contributed by atoms with Crippen LogP contribution in [0.15, 0.2) is 64.0 Å². The number of hydrogen-bond donors (Lipinski definition) is 8. The van der Waals surface area contributed by atoms with E-state index < -0.39 is 54.4 Å². The van der Waals surface area contributed by atoms with Crippen molar-refractivity contribution in [3.8, 4) is 43.4 Å². The summed E-state index contributed by atoms with van der Waals surface area (Å²) in [7, 11) is 2.97. The predicted octanol–water partition coefficient (Wildman–Crippen LogP) is 7.24. The highest BCUT2D eigenvalue weighted by atomic mass is 32.1. The number of anilines is 1. The number of nitrogens with one attached hydrogen (secondary N) is 5. The average molecular weight is 1210 g/mol. The number of hydrogen-bond acceptors (Lipinski definition) is 23. The SMILES string of the molecule is CNC(=O)C[C@@H]1NC(=O)c2csc(n2)-c2ccc(-c3nc(NC(=O)CC[C@H](N)CO)cs3)nc2-c2csc(n2)-c2csc(n2)[C@H]([C@@H](O)c2ccccc2)NC(=O)CNC(=O)c2nc(sc2COC)[C@H](C(C)C)CC(=O)c2nc1sc2C. The topological polar surface area (TPSA) is 329 Å². The lowest BCUT2D eigenvalue weighted by Crippen LogP contribution is -2.40. The van der Waals surface area contributed by atoms with Crippen molar-refractivity contribution in [1.29, 1.82) is 0 Å². The number of aryl methyl sites for hydroxylation is 1. The van der Waals surface area contributed by atoms with Gasteiger partial charge in [-0.1, -0.05) is 44.2 Å². The smallest absolute Gasteiger partial charge is 0.271 e. The van der Waals surface area contributed by atoms with Crippen LogP contribution >= 0.6 is 68.0 Å². The van der Waals surface area contributed by atoms with E-state index in [4.69, 9.17) is 40.4 Å². The van der Waals surface area contributed by atoms with Gasteiger partial charge < -0.3 is 47.3 Å². The van der Waals surface area contributed by atoms with Gasteiger partial charge in [0, 0.05) is 70.9 Å². The quantitative estimate of drug-likeness (QED) is 0.0564. The minimum Gasteiger partial charge on any atom is -0.395 e. The van der Waals surface area contributed by atoms with Crippen molar-refractivity contribution in [3.63, 3.8) is 0 Å². The highest BCUT2D eigenvalue weighted by Crippen LogP contribution is 2.41. The van der Waals surface area contributed by atoms with Gasteiger partial charge in [-0.15, -0.1) is 68.0 Å². The number of carbonyl (C=O) groups excluding carboxylic acids is 6. The molecule has 1 aliphatic heterocycles. The number of aliphatic hydroxyl groups is 2. The number of aliphatic hydroxyl groups excluding tert-OH is 2. The van der Waals surface area contributed by atoms with E-state index >= 15 is 0 Å². The molecule has 81 heavy (non-hydrogen) atoms. The van der Waals surface area contributed by atoms with Crippen LogP contribution in [0.3, 0.4) is 0 Å². The second-order valence-electron chi connectivity index (χ2n) is 19.0. The molecule has 28 heteroatoms. The Kier molecular flexibility index (Phi) is 19.0. The predicted molar refractivity (Wildman–Crippen MR) is 311 cm³/mol. The number of fused-ring (bicyclic) bond motifs is 14. The van der Waals surface area contributed by atoms with E-state index in [1.165, 1.54) is 82.2 Å². The van der Waals surface area contributed by atoms with Gasteiger partial charge in [0.2, 0.25) is 17.7 Å². The molecule has 422 valence electrons. The number of pyridine rings is 1. The van der Waals surface area contributed by atoms with Crippen molar-refractivity contribution in [1.82, 2.24) is 56.2 Å². The molecule has 0 fully saturated rings. The number of aromatic nitrogens is 7. The van der Waals surface area contributed by atoms with E-state index in [1.807, 2.05) is 13.8 Å². The Bertz CT molecular complexity index is 3590. The van der Waals surface area contributed by atoms with Crippen molar-refractivity contribution in [3.05, 3.63) is 111 Å². The van der Waals surface area contributed by atoms with Gasteiger partial charge in [-0.2, -0.15) is 0 Å². The molecular formula is C53H55N13O9S6. The first kappa shape index (κ1) is 58.7. The van der Waals surface area contributed by atoms with Gasteiger partial charge in [-0.05, 0) is 37.0 Å². The van der Waals surface area contributed by atoms with Crippen molar-refractivity contribution >= 4 is 109 Å². The number of benzene rings is 1. The zero-order valence-corrected chi connectivity index (χ0v) is 49.1. The lowest BCUT2D eigenvalue weighted by Gasteiger charge is -2.23. The van der Waals surface area contributed by atoms with Gasteiger partial charge >= 0.3 is 0 Å². The Labute approximate surface area is 488 Å². The number of methoxy groups -OCH3 is 1. The standard InChI is InChI=1S/C53H55N13O9S6/c1-24(2)29-15-35(68)41-25(3)80-52(65-41)31(16-39(70)55-4)58-46(73)33-21-76-48(60-33)28-12-13-30(50-63-37(23-79-50)62-38(69)14-11-27(54)18-67)57-42(28)32-20-77-51(59-32)34-22-78-53(61-34)44(45(72)26-9-7-6-8-10-26)64-40(71)17-56-47(74)43-36(19-75-5)81-49(29)66-43/h6-10,12-13,20-24,27,29,31,44-45,67,72H,11,14-19,54H2,1-5H3,(H,55,70)(H,56,74)(H,58,73)(H,62,69)(H,64,71)/t27-,29-,31-,44-,45-/m0/s1. The summed E-state index contributed by atoms with van der Waals surface area (Å²) in [5.41, 5.74) is 8.74. The number of ketones is 1. The van der Waals surface area contributed by atoms with Crippen LogP contribution in [0.25, 0.3) is 43.4 Å². The van der Waals surface area contributed by atoms with Gasteiger partial charge in [-0.3, -0.25) is 28.8 Å². The van der Waals surface area contributed by atoms with E-state index in [1.54, 1.807) is 70.9 Å². The minimum absolute atomic E-state index is 0.0311. The van der Waals surface area contributed by atoms with Crippen LogP contribution in [0, 0.1) is 12.8 Å². The summed E-state index contributed by atoms with van der Waals surface area (Å²) in [6.07, 6.45) is -1.13. The van der Waals surface area contributed by atoms with Crippen molar-refractivity contribution < 1.29 is 43.7 Å². The molecule has 1 aromatic carbocycles. The molecule has 0 saturated carbocycles. The third-order valence-electron chi connectivity index (χ3n) is 12.8. The number of carbonyl (C=O) groups is 6. The molecule has 22 nitrogen and oxygen atoms in total. The summed E-state index contributed by atoms with van der Waals surface area (Å²) in [6.45, 7) is 4.93. The molecule has 0 radical (unpaired) electrons. The highest BCUT2D eigenvalue weighted by molar-refractivity contribution is 7.15. The first-order valence-corrected chi connectivity index (χ1v) is 30.5. The monoisotopic (exact) mass is 1210 g/mol. The van der Waals surface area contributed by atoms with E-state index in [0.717, 1.165) is 0 Å². The summed E-state index contributed by atoms with van der Waals surface area (Å²) in [5, 5.41) is 44.5. The summed E-state index contributed by atoms with van der Waals surface area (Å²) in [5.74, 6) is -3.18. The largest absolute Gasteiger partial charge is 0.395 e. The fraction of sp³-hybridized carbons (Fsp3) is 0.340. The molecule has 0 spiro atoms. The molecule has 8 heterocycles. The van der Waals surface area contributed by atoms with Crippen molar-refractivity contribution in [2.45, 2.75) is 83.2 Å². The van der Waals surface area contributed by atoms with Crippen LogP contribution in [0.1, 0.15) is 125 Å². The maximum absolute atomic E-state index is 14.3. The van der Waals surface area contributed by atoms with Gasteiger partial charge in [0.15, 0.2) is 5.78 Å². The fourth-order valence-corrected chi connectivity index (χ4v) is 14.1. The molecule has 7 aromatic heterocycles. The molecule has 5 amide bonds. The third kappa shape index (κ3) is 13.9. The molecule has 10 bridgehead atoms. The average Bonchev–Trinajstić information content (AvgIpc) is 4.38. The maximum Gasteiger partial charge on any atom is 0.271 e. The molecule has 0 saturated heterocycles. The summed E-state index contributed by atoms with van der Waals surface area (Å²) >= 11 is 7.31. The first-order chi connectivity index (χ1) is 39.0. The van der Waals surface area contributed by atoms with Gasteiger partial charge in [0.05, 0.1) is 47.8 Å². The normalized spacial score (nSPS) is 17.0. The second-order valence-corrected chi connectivity index (χ2v) is 24.8. The maximum atomic E-state index is 14.3. The Morgan fingerprint density at radius 2 is 1.48 bits per heavy atom. The molecule has 8 aromatic rings. The zero-order valence-electron chi connectivity index (χ0n) is 44.2. The molecule has 9 rings (SSSR count). The van der Waals surface area contributed by atoms with E-state index in [0.29, 0.717) is 79.5 Å². The third-order valence-corrected chi connectivity index (χ3v) is 18.6. The number of nitrogens with two attached hydrogens (primary N) is 1. The fourth-order valence-electron chi connectivity index (χ4n) is 8.51. The van der Waals surface area contributed by atoms with Crippen LogP contribution in [-0.4, -0.2) is 114 Å². The van der Waals surface area contributed by atoms with E-state index in [9.17, 15) is 39.0 Å². The first-order valence-electron chi connectivity index (χ1n) is 25.3. The Balaban J connectivity index is 1.12. The van der Waals surface area contributed by atoms with Gasteiger partial charge in [-0.25, -0.2) is 34.9 Å². The van der Waals surface area contributed by atoms with Crippen LogP contribution < -0.4 is 32.3 Å². The molecule has 0 unspecified atom stereocenters. The van der Waals surface area contributed by atoms with E-state index in [2.05, 4.69) is 31.6 Å². The minimum atomic E-state index is -1.27. The highest BCUT2D eigenvalue weighted by Gasteiger charge is 2.33. The lowest BCUT2D eigenvalue weighted by atomic mass is 9.90. The van der Waals surface area contributed by atoms with Gasteiger partial charge in [0.1, 0.15) is 77.2 Å². The van der Waals surface area contributed by atoms with Gasteiger partial charge in [0.25, 0.3) is 11.8 Å². The summed E-state index contributed by atoms with van der Waals surface area (Å²) in [4.78, 5) is 117. The van der Waals surface area contributed by atoms with Crippen molar-refractivity contribution in [2.75, 3.05) is 32.6 Å². The number of thiazole rings is 6. The second kappa shape index (κ2) is 26.3. The number of amides is 5. The Morgan fingerprint density at radius 1 is 0.765 bits per heavy atom. The number of nitrogens with zero attached hydrogens (tertiary/aromatic N) is 7. The number of ether oxygens (including phenoxy) is 1. The summed E-state index contributed by atoms with van der Waals surface area (Å²) in [6, 6.07) is 9.76. The van der Waals surface area contributed by atoms with E-state index in [-0.39, 0.29) is 79.5 Å². The van der Waals surface area contributed by atoms with Crippen LogP contribution in [0.4, 0.5) is 5.82 Å². The van der Waals surface area contributed by atoms with Crippen LogP contribution in [-0.2, 0) is 25.7 Å². The molecular weight excluding hydrogens is 1160 g/mol. The summed E-state index contributed by atoms with van der Waals surface area (Å²) < 4.78 is 5.46. The number of Topliss-reactive ketones (excluding diaryl/α,β-unsaturated/α-hetero) is 1. The number of rotatable bonds is 13. The van der Waals surface area contributed by atoms with Crippen LogP contribution in [0.5, 0.6) is 0 Å². The van der Waals surface area contributed by atoms with Crippen LogP contribution in [0.2, 0.25) is 0 Å². The molecule has 1 aliphatic rings. The molecule has 5 atom stereocenters. The molecule has 0 aliphatic carbocycles. The Hall–Kier alpha value is -6.99. The molecule has 9 N–H and O–H groups in total. The zero-order chi connectivity index (χ0) is 57.5.